The molecule has 1 atom stereocenters. The van der Waals surface area contributed by atoms with Gasteiger partial charge in [-0.05, 0) is 161 Å². The van der Waals surface area contributed by atoms with E-state index in [9.17, 15) is 0 Å². The zero-order valence-electron chi connectivity index (χ0n) is 44.1. The van der Waals surface area contributed by atoms with E-state index < -0.39 is 10.8 Å². The number of benzene rings is 12. The number of hydrogen-bond acceptors (Lipinski definition) is 2. The molecule has 12 aromatic rings. The fourth-order valence-electron chi connectivity index (χ4n) is 14.9. The van der Waals surface area contributed by atoms with Crippen LogP contribution in [0.4, 0.5) is 34.1 Å². The predicted molar refractivity (Wildman–Crippen MR) is 327 cm³/mol. The van der Waals surface area contributed by atoms with Crippen LogP contribution in [-0.2, 0) is 16.2 Å². The fraction of sp³-hybridized carbons (Fsp3) is 0.0649. The van der Waals surface area contributed by atoms with Crippen molar-refractivity contribution >= 4 is 34.1 Å². The van der Waals surface area contributed by atoms with Gasteiger partial charge in [0.05, 0.1) is 16.5 Å². The molecule has 2 heteroatoms. The van der Waals surface area contributed by atoms with Gasteiger partial charge in [0.15, 0.2) is 0 Å². The Morgan fingerprint density at radius 1 is 0.228 bits per heavy atom. The van der Waals surface area contributed by atoms with Gasteiger partial charge in [0.1, 0.15) is 0 Å². The van der Waals surface area contributed by atoms with Crippen LogP contribution < -0.4 is 9.80 Å². The summed E-state index contributed by atoms with van der Waals surface area (Å²) in [6, 6.07) is 109. The summed E-state index contributed by atoms with van der Waals surface area (Å²) < 4.78 is 0. The molecular formula is C77H54N2. The summed E-state index contributed by atoms with van der Waals surface area (Å²) >= 11 is 0. The zero-order valence-corrected chi connectivity index (χ0v) is 44.1. The summed E-state index contributed by atoms with van der Waals surface area (Å²) in [5, 5.41) is 0. The highest BCUT2D eigenvalue weighted by molar-refractivity contribution is 6.01. The van der Waals surface area contributed by atoms with E-state index in [-0.39, 0.29) is 5.41 Å². The van der Waals surface area contributed by atoms with Crippen molar-refractivity contribution in [2.45, 2.75) is 30.1 Å². The summed E-state index contributed by atoms with van der Waals surface area (Å²) in [6.45, 7) is 4.79. The number of para-hydroxylation sites is 2. The predicted octanol–water partition coefficient (Wildman–Crippen LogP) is 19.6. The molecule has 372 valence electrons. The van der Waals surface area contributed by atoms with Crippen molar-refractivity contribution in [3.05, 3.63) is 347 Å². The normalized spacial score (nSPS) is 15.7. The number of fused-ring (bicyclic) bond motifs is 16. The summed E-state index contributed by atoms with van der Waals surface area (Å²) in [7, 11) is 0. The minimum absolute atomic E-state index is 0.208. The minimum atomic E-state index is -0.628. The van der Waals surface area contributed by atoms with E-state index >= 15 is 0 Å². The molecule has 2 nitrogen and oxygen atoms in total. The molecule has 0 radical (unpaired) electrons. The highest BCUT2D eigenvalue weighted by Gasteiger charge is 2.53. The van der Waals surface area contributed by atoms with Crippen LogP contribution in [0, 0.1) is 0 Å². The van der Waals surface area contributed by atoms with Crippen molar-refractivity contribution in [3.63, 3.8) is 0 Å². The molecule has 1 spiro atoms. The molecule has 4 aliphatic carbocycles. The summed E-state index contributed by atoms with van der Waals surface area (Å²) in [5.74, 6) is 0. The van der Waals surface area contributed by atoms with E-state index in [0.29, 0.717) is 0 Å². The summed E-state index contributed by atoms with van der Waals surface area (Å²) in [5.41, 5.74) is 28.5. The van der Waals surface area contributed by atoms with Crippen molar-refractivity contribution in [1.29, 1.82) is 0 Å². The Morgan fingerprint density at radius 2 is 0.582 bits per heavy atom. The molecule has 12 aromatic carbocycles. The fourth-order valence-corrected chi connectivity index (χ4v) is 14.9. The lowest BCUT2D eigenvalue weighted by molar-refractivity contribution is 0.660. The first-order valence-electron chi connectivity index (χ1n) is 27.8. The Kier molecular flexibility index (Phi) is 9.85. The molecular weight excluding hydrogens is 953 g/mol. The second-order valence-electron chi connectivity index (χ2n) is 22.3. The van der Waals surface area contributed by atoms with E-state index in [2.05, 4.69) is 315 Å². The van der Waals surface area contributed by atoms with Crippen molar-refractivity contribution in [1.82, 2.24) is 0 Å². The molecule has 79 heavy (non-hydrogen) atoms. The lowest BCUT2D eigenvalue weighted by Crippen LogP contribution is -2.28. The van der Waals surface area contributed by atoms with Gasteiger partial charge in [-0.3, -0.25) is 0 Å². The third-order valence-electron chi connectivity index (χ3n) is 18.1. The van der Waals surface area contributed by atoms with Crippen LogP contribution >= 0.6 is 0 Å². The van der Waals surface area contributed by atoms with Gasteiger partial charge in [0.2, 0.25) is 0 Å². The van der Waals surface area contributed by atoms with Gasteiger partial charge in [0, 0.05) is 39.4 Å². The molecule has 1 unspecified atom stereocenters. The lowest BCUT2D eigenvalue weighted by Gasteiger charge is -2.35. The van der Waals surface area contributed by atoms with E-state index in [1.54, 1.807) is 0 Å². The SMILES string of the molecule is CC1(C)c2ccccc2-c2ccc(N(c3ccc4c(c3)C3(c5ccccc5-c5ccc(N(c6ccccc6)c6ccccc6)cc53)c3ccccc3-4)c3cccc4c3-c3ccccc3C4(c3ccccc3)c3ccccc3)cc21. The van der Waals surface area contributed by atoms with Gasteiger partial charge in [-0.1, -0.05) is 238 Å². The summed E-state index contributed by atoms with van der Waals surface area (Å²) in [6.07, 6.45) is 0. The Bertz CT molecular complexity index is 4310. The molecule has 0 aliphatic heterocycles. The molecule has 4 aliphatic rings. The number of anilines is 6. The Balaban J connectivity index is 0.982. The van der Waals surface area contributed by atoms with Crippen molar-refractivity contribution in [3.8, 4) is 44.5 Å². The van der Waals surface area contributed by atoms with Crippen LogP contribution in [0.1, 0.15) is 69.5 Å². The van der Waals surface area contributed by atoms with Crippen molar-refractivity contribution in [2.75, 3.05) is 9.80 Å². The number of hydrogen-bond donors (Lipinski definition) is 0. The van der Waals surface area contributed by atoms with Crippen LogP contribution in [-0.4, -0.2) is 0 Å². The molecule has 0 saturated heterocycles. The maximum atomic E-state index is 2.60. The molecule has 0 amide bonds. The smallest absolute Gasteiger partial charge is 0.0727 e. The molecule has 0 saturated carbocycles. The highest BCUT2D eigenvalue weighted by atomic mass is 15.2. The van der Waals surface area contributed by atoms with E-state index in [1.807, 2.05) is 0 Å². The molecule has 0 N–H and O–H groups in total. The zero-order chi connectivity index (χ0) is 52.5. The van der Waals surface area contributed by atoms with Gasteiger partial charge < -0.3 is 9.80 Å². The van der Waals surface area contributed by atoms with Crippen LogP contribution in [0.25, 0.3) is 44.5 Å². The second-order valence-corrected chi connectivity index (χ2v) is 22.3. The molecule has 16 rings (SSSR count). The van der Waals surface area contributed by atoms with Gasteiger partial charge in [-0.25, -0.2) is 0 Å². The Hall–Kier alpha value is -9.76. The topological polar surface area (TPSA) is 6.48 Å². The van der Waals surface area contributed by atoms with Crippen molar-refractivity contribution < 1.29 is 0 Å². The highest BCUT2D eigenvalue weighted by Crippen LogP contribution is 2.65. The van der Waals surface area contributed by atoms with Crippen LogP contribution in [0.2, 0.25) is 0 Å². The molecule has 0 bridgehead atoms. The summed E-state index contributed by atoms with van der Waals surface area (Å²) in [4.78, 5) is 5.01. The first-order chi connectivity index (χ1) is 39.0. The molecule has 0 fully saturated rings. The van der Waals surface area contributed by atoms with Gasteiger partial charge in [-0.2, -0.15) is 0 Å². The maximum absolute atomic E-state index is 2.60. The third-order valence-corrected chi connectivity index (χ3v) is 18.1. The maximum Gasteiger partial charge on any atom is 0.0727 e. The number of nitrogens with zero attached hydrogens (tertiary/aromatic N) is 2. The third kappa shape index (κ3) is 6.23. The number of rotatable bonds is 8. The van der Waals surface area contributed by atoms with Crippen LogP contribution in [0.5, 0.6) is 0 Å². The van der Waals surface area contributed by atoms with Gasteiger partial charge in [-0.15, -0.1) is 0 Å². The van der Waals surface area contributed by atoms with Gasteiger partial charge in [0.25, 0.3) is 0 Å². The van der Waals surface area contributed by atoms with E-state index in [0.717, 1.165) is 34.1 Å². The molecule has 0 heterocycles. The van der Waals surface area contributed by atoms with Gasteiger partial charge >= 0.3 is 0 Å². The first kappa shape index (κ1) is 45.4. The Morgan fingerprint density at radius 3 is 1.09 bits per heavy atom. The van der Waals surface area contributed by atoms with Crippen LogP contribution in [0.15, 0.2) is 291 Å². The van der Waals surface area contributed by atoms with Crippen LogP contribution in [0.3, 0.4) is 0 Å². The minimum Gasteiger partial charge on any atom is -0.310 e. The molecule has 0 aromatic heterocycles. The van der Waals surface area contributed by atoms with E-state index in [4.69, 9.17) is 0 Å². The first-order valence-corrected chi connectivity index (χ1v) is 27.8. The average molecular weight is 1010 g/mol. The average Bonchev–Trinajstić information content (AvgIpc) is 2.57. The Labute approximate surface area is 462 Å². The monoisotopic (exact) mass is 1010 g/mol. The van der Waals surface area contributed by atoms with E-state index in [1.165, 1.54) is 100 Å². The second kappa shape index (κ2) is 17.1. The van der Waals surface area contributed by atoms with Crippen molar-refractivity contribution in [2.24, 2.45) is 0 Å². The lowest BCUT2D eigenvalue weighted by atomic mass is 9.68. The quantitative estimate of drug-likeness (QED) is 0.150. The largest absolute Gasteiger partial charge is 0.310 e. The standard InChI is InChI=1S/C77H54N2/c1-75(2)65-36-19-15-32-58(65)61-45-43-56(48-70(61)75)79(73-41-23-40-69-74(73)64-35-18-22-39-68(64)76(69,51-24-7-3-8-25-51)52-26-9-4-10-27-52)57-44-47-63-60-34-17-21-38-67(60)77(72(63)50-57)66-37-20-16-33-59(66)62-46-42-55(49-71(62)77)78(53-28-11-5-12-29-53)54-30-13-6-14-31-54/h3-50H,1-2H3.